The molecule has 0 spiro atoms. The van der Waals surface area contributed by atoms with Crippen LogP contribution >= 0.6 is 0 Å². The Labute approximate surface area is 128 Å². The predicted molar refractivity (Wildman–Crippen MR) is 86.5 cm³/mol. The zero-order chi connectivity index (χ0) is 14.4. The van der Waals surface area contributed by atoms with Crippen LogP contribution in [-0.2, 0) is 0 Å². The molecule has 2 heteroatoms. The summed E-state index contributed by atoms with van der Waals surface area (Å²) in [5, 5.41) is 0. The van der Waals surface area contributed by atoms with Crippen LogP contribution < -0.4 is 11.3 Å². The van der Waals surface area contributed by atoms with Crippen LogP contribution in [0.4, 0.5) is 0 Å². The Bertz CT molecular complexity index is 470. The Kier molecular flexibility index (Phi) is 3.35. The molecule has 0 heterocycles. The van der Waals surface area contributed by atoms with Crippen LogP contribution in [0.1, 0.15) is 62.1 Å². The first-order chi connectivity index (χ1) is 10.2. The topological polar surface area (TPSA) is 38.0 Å². The molecule has 0 aromatic heterocycles. The van der Waals surface area contributed by atoms with Gasteiger partial charge in [0.15, 0.2) is 0 Å². The number of nitrogens with two attached hydrogens (primary N) is 1. The molecule has 5 rings (SSSR count). The monoisotopic (exact) mass is 284 g/mol. The standard InChI is InChI=1S/C19H28N2/c1-13-2-4-17(5-3-13)18(21-20)12-19-9-14-6-15(10-19)8-16(7-14)11-19/h2-5,14-16,18,21H,6-12,20H2,1H3. The summed E-state index contributed by atoms with van der Waals surface area (Å²) in [5.74, 6) is 8.99. The van der Waals surface area contributed by atoms with Gasteiger partial charge >= 0.3 is 0 Å². The number of aryl methyl sites for hydroxylation is 1. The highest BCUT2D eigenvalue weighted by Gasteiger charge is 2.51. The van der Waals surface area contributed by atoms with Crippen molar-refractivity contribution in [2.75, 3.05) is 0 Å². The largest absolute Gasteiger partial charge is 0.271 e. The smallest absolute Gasteiger partial charge is 0.0465 e. The van der Waals surface area contributed by atoms with E-state index >= 15 is 0 Å². The van der Waals surface area contributed by atoms with E-state index in [4.69, 9.17) is 5.84 Å². The second kappa shape index (κ2) is 5.10. The Balaban J connectivity index is 1.55. The van der Waals surface area contributed by atoms with Gasteiger partial charge in [0, 0.05) is 6.04 Å². The van der Waals surface area contributed by atoms with E-state index in [0.29, 0.717) is 11.5 Å². The molecule has 4 aliphatic carbocycles. The molecule has 3 N–H and O–H groups in total. The van der Waals surface area contributed by atoms with Crippen LogP contribution in [0, 0.1) is 30.1 Å². The third-order valence-electron chi connectivity index (χ3n) is 6.48. The number of hydrogen-bond donors (Lipinski definition) is 2. The fraction of sp³-hybridized carbons (Fsp3) is 0.684. The quantitative estimate of drug-likeness (QED) is 0.645. The van der Waals surface area contributed by atoms with Crippen LogP contribution in [-0.4, -0.2) is 0 Å². The Morgan fingerprint density at radius 1 is 1.05 bits per heavy atom. The first kappa shape index (κ1) is 13.8. The molecular weight excluding hydrogens is 256 g/mol. The minimum atomic E-state index is 0.321. The first-order valence-corrected chi connectivity index (χ1v) is 8.68. The van der Waals surface area contributed by atoms with E-state index in [-0.39, 0.29) is 0 Å². The van der Waals surface area contributed by atoms with Crippen LogP contribution in [0.2, 0.25) is 0 Å². The summed E-state index contributed by atoms with van der Waals surface area (Å²) in [5.41, 5.74) is 6.38. The lowest BCUT2D eigenvalue weighted by atomic mass is 9.48. The summed E-state index contributed by atoms with van der Waals surface area (Å²) in [6.45, 7) is 2.15. The lowest BCUT2D eigenvalue weighted by Gasteiger charge is -2.57. The molecule has 4 fully saturated rings. The molecule has 1 aromatic rings. The van der Waals surface area contributed by atoms with Gasteiger partial charge in [0.2, 0.25) is 0 Å². The summed E-state index contributed by atoms with van der Waals surface area (Å²) in [6, 6.07) is 9.24. The SMILES string of the molecule is Cc1ccc(C(CC23CC4CC(CC(C4)C2)C3)NN)cc1. The molecular formula is C19H28N2. The zero-order valence-electron chi connectivity index (χ0n) is 13.1. The number of rotatable bonds is 4. The van der Waals surface area contributed by atoms with E-state index in [1.165, 1.54) is 56.1 Å². The van der Waals surface area contributed by atoms with Gasteiger partial charge in [-0.05, 0) is 80.6 Å². The van der Waals surface area contributed by atoms with Crippen molar-refractivity contribution in [1.82, 2.24) is 5.43 Å². The minimum absolute atomic E-state index is 0.321. The van der Waals surface area contributed by atoms with E-state index in [9.17, 15) is 0 Å². The predicted octanol–water partition coefficient (Wildman–Crippen LogP) is 4.11. The van der Waals surface area contributed by atoms with Gasteiger partial charge in [0.05, 0.1) is 0 Å². The number of nitrogens with one attached hydrogen (secondary N) is 1. The van der Waals surface area contributed by atoms with Crippen molar-refractivity contribution in [3.8, 4) is 0 Å². The van der Waals surface area contributed by atoms with Crippen molar-refractivity contribution in [1.29, 1.82) is 0 Å². The average Bonchev–Trinajstić information content (AvgIpc) is 2.44. The van der Waals surface area contributed by atoms with Crippen LogP contribution in [0.15, 0.2) is 24.3 Å². The lowest BCUT2D eigenvalue weighted by Crippen LogP contribution is -2.48. The van der Waals surface area contributed by atoms with Gasteiger partial charge in [0.25, 0.3) is 0 Å². The minimum Gasteiger partial charge on any atom is -0.271 e. The molecule has 4 saturated carbocycles. The van der Waals surface area contributed by atoms with Crippen molar-refractivity contribution in [2.24, 2.45) is 29.0 Å². The van der Waals surface area contributed by atoms with E-state index in [1.807, 2.05) is 0 Å². The van der Waals surface area contributed by atoms with Gasteiger partial charge in [-0.15, -0.1) is 0 Å². The molecule has 114 valence electrons. The maximum absolute atomic E-state index is 5.92. The van der Waals surface area contributed by atoms with Gasteiger partial charge in [-0.25, -0.2) is 0 Å². The third-order valence-corrected chi connectivity index (χ3v) is 6.48. The van der Waals surface area contributed by atoms with Gasteiger partial charge < -0.3 is 0 Å². The molecule has 1 atom stereocenters. The molecule has 4 aliphatic rings. The number of hydrazine groups is 1. The second-order valence-electron chi connectivity index (χ2n) is 8.25. The van der Waals surface area contributed by atoms with E-state index in [1.54, 1.807) is 0 Å². The molecule has 21 heavy (non-hydrogen) atoms. The molecule has 2 nitrogen and oxygen atoms in total. The fourth-order valence-corrected chi connectivity index (χ4v) is 6.04. The lowest BCUT2D eigenvalue weighted by molar-refractivity contribution is -0.0623. The average molecular weight is 284 g/mol. The van der Waals surface area contributed by atoms with Gasteiger partial charge in [0.1, 0.15) is 0 Å². The van der Waals surface area contributed by atoms with E-state index in [0.717, 1.165) is 17.8 Å². The molecule has 0 radical (unpaired) electrons. The van der Waals surface area contributed by atoms with Crippen molar-refractivity contribution < 1.29 is 0 Å². The zero-order valence-corrected chi connectivity index (χ0v) is 13.1. The Hall–Kier alpha value is -0.860. The molecule has 0 amide bonds. The molecule has 0 aliphatic heterocycles. The second-order valence-corrected chi connectivity index (χ2v) is 8.25. The van der Waals surface area contributed by atoms with Crippen LogP contribution in [0.5, 0.6) is 0 Å². The van der Waals surface area contributed by atoms with E-state index in [2.05, 4.69) is 36.6 Å². The summed E-state index contributed by atoms with van der Waals surface area (Å²) < 4.78 is 0. The first-order valence-electron chi connectivity index (χ1n) is 8.68. The summed E-state index contributed by atoms with van der Waals surface area (Å²) in [6.07, 6.45) is 10.2. The van der Waals surface area contributed by atoms with Gasteiger partial charge in [-0.3, -0.25) is 11.3 Å². The van der Waals surface area contributed by atoms with Crippen molar-refractivity contribution >= 4 is 0 Å². The molecule has 0 saturated heterocycles. The normalized spacial score (nSPS) is 38.7. The summed E-state index contributed by atoms with van der Waals surface area (Å²) in [7, 11) is 0. The van der Waals surface area contributed by atoms with Crippen molar-refractivity contribution in [3.63, 3.8) is 0 Å². The van der Waals surface area contributed by atoms with Crippen LogP contribution in [0.3, 0.4) is 0 Å². The Morgan fingerprint density at radius 2 is 1.57 bits per heavy atom. The summed E-state index contributed by atoms with van der Waals surface area (Å²) >= 11 is 0. The molecule has 4 bridgehead atoms. The van der Waals surface area contributed by atoms with E-state index < -0.39 is 0 Å². The van der Waals surface area contributed by atoms with Gasteiger partial charge in [-0.1, -0.05) is 29.8 Å². The van der Waals surface area contributed by atoms with Crippen LogP contribution in [0.25, 0.3) is 0 Å². The fourth-order valence-electron chi connectivity index (χ4n) is 6.04. The highest BCUT2D eigenvalue weighted by atomic mass is 15.2. The third kappa shape index (κ3) is 2.53. The maximum Gasteiger partial charge on any atom is 0.0465 e. The number of hydrogen-bond acceptors (Lipinski definition) is 2. The highest BCUT2D eigenvalue weighted by Crippen LogP contribution is 2.62. The van der Waals surface area contributed by atoms with Crippen molar-refractivity contribution in [3.05, 3.63) is 35.4 Å². The summed E-state index contributed by atoms with van der Waals surface area (Å²) in [4.78, 5) is 0. The molecule has 1 unspecified atom stereocenters. The Morgan fingerprint density at radius 3 is 2.05 bits per heavy atom. The van der Waals surface area contributed by atoms with Gasteiger partial charge in [-0.2, -0.15) is 0 Å². The van der Waals surface area contributed by atoms with Crippen molar-refractivity contribution in [2.45, 2.75) is 57.9 Å². The maximum atomic E-state index is 5.92. The molecule has 1 aromatic carbocycles. The number of benzene rings is 1. The highest BCUT2D eigenvalue weighted by molar-refractivity contribution is 5.24.